The molecule has 1 aromatic heterocycles. The van der Waals surface area contributed by atoms with E-state index in [0.717, 1.165) is 0 Å². The standard InChI is InChI=1S/C13H15N5O2S/c14-13-6-9-17(16-13)7-3-8-18-10-15-11-4-1-2-5-12(11)21(18,19)20/h1-2,4-6,9-10H,3,7-8H2,(H2,14,16). The number of benzene rings is 1. The van der Waals surface area contributed by atoms with Crippen LogP contribution in [-0.4, -0.2) is 35.4 Å². The average molecular weight is 305 g/mol. The lowest BCUT2D eigenvalue weighted by atomic mass is 10.3. The Labute approximate surface area is 122 Å². The third-order valence-corrected chi connectivity index (χ3v) is 5.00. The van der Waals surface area contributed by atoms with Gasteiger partial charge < -0.3 is 5.73 Å². The Morgan fingerprint density at radius 1 is 1.14 bits per heavy atom. The van der Waals surface area contributed by atoms with Gasteiger partial charge in [0.1, 0.15) is 17.1 Å². The van der Waals surface area contributed by atoms with Crippen LogP contribution in [0.1, 0.15) is 6.42 Å². The normalized spacial score (nSPS) is 15.9. The number of nitrogens with two attached hydrogens (primary N) is 1. The number of fused-ring (bicyclic) bond motifs is 1. The molecule has 0 spiro atoms. The van der Waals surface area contributed by atoms with Crippen molar-refractivity contribution < 1.29 is 8.42 Å². The quantitative estimate of drug-likeness (QED) is 0.919. The fourth-order valence-electron chi connectivity index (χ4n) is 2.17. The Kier molecular flexibility index (Phi) is 3.38. The first-order valence-electron chi connectivity index (χ1n) is 6.51. The number of para-hydroxylation sites is 1. The van der Waals surface area contributed by atoms with Crippen molar-refractivity contribution in [2.75, 3.05) is 12.3 Å². The summed E-state index contributed by atoms with van der Waals surface area (Å²) in [4.78, 5) is 4.43. The molecule has 0 aliphatic carbocycles. The highest BCUT2D eigenvalue weighted by Crippen LogP contribution is 2.29. The molecule has 2 heterocycles. The van der Waals surface area contributed by atoms with Gasteiger partial charge in [0.25, 0.3) is 10.0 Å². The molecule has 0 atom stereocenters. The molecule has 110 valence electrons. The Morgan fingerprint density at radius 3 is 2.71 bits per heavy atom. The number of anilines is 1. The number of aliphatic imine (C=N–C) groups is 1. The highest BCUT2D eigenvalue weighted by molar-refractivity contribution is 7.89. The Morgan fingerprint density at radius 2 is 1.95 bits per heavy atom. The molecule has 0 bridgehead atoms. The van der Waals surface area contributed by atoms with E-state index in [0.29, 0.717) is 31.0 Å². The van der Waals surface area contributed by atoms with Crippen molar-refractivity contribution in [1.29, 1.82) is 0 Å². The van der Waals surface area contributed by atoms with Crippen molar-refractivity contribution >= 4 is 27.9 Å². The van der Waals surface area contributed by atoms with Crippen LogP contribution in [0, 0.1) is 0 Å². The van der Waals surface area contributed by atoms with Gasteiger partial charge in [-0.1, -0.05) is 12.1 Å². The number of aromatic nitrogens is 2. The van der Waals surface area contributed by atoms with Crippen LogP contribution < -0.4 is 5.73 Å². The zero-order valence-corrected chi connectivity index (χ0v) is 12.1. The predicted molar refractivity (Wildman–Crippen MR) is 79.7 cm³/mol. The first kappa shape index (κ1) is 13.6. The molecule has 0 amide bonds. The van der Waals surface area contributed by atoms with Crippen molar-refractivity contribution in [3.8, 4) is 0 Å². The van der Waals surface area contributed by atoms with E-state index in [1.807, 2.05) is 0 Å². The second kappa shape index (κ2) is 5.21. The van der Waals surface area contributed by atoms with Crippen LogP contribution in [0.5, 0.6) is 0 Å². The minimum Gasteiger partial charge on any atom is -0.382 e. The van der Waals surface area contributed by atoms with E-state index in [-0.39, 0.29) is 4.90 Å². The summed E-state index contributed by atoms with van der Waals surface area (Å²) in [5, 5.41) is 4.06. The molecule has 2 aromatic rings. The Balaban J connectivity index is 1.70. The van der Waals surface area contributed by atoms with Crippen LogP contribution in [-0.2, 0) is 16.6 Å². The molecule has 1 aliphatic rings. The van der Waals surface area contributed by atoms with Crippen LogP contribution in [0.2, 0.25) is 0 Å². The number of hydrogen-bond acceptors (Lipinski definition) is 5. The molecule has 7 nitrogen and oxygen atoms in total. The van der Waals surface area contributed by atoms with Crippen molar-refractivity contribution in [2.24, 2.45) is 4.99 Å². The van der Waals surface area contributed by atoms with Gasteiger partial charge in [0.2, 0.25) is 0 Å². The van der Waals surface area contributed by atoms with Crippen molar-refractivity contribution in [1.82, 2.24) is 14.1 Å². The maximum Gasteiger partial charge on any atom is 0.267 e. The summed E-state index contributed by atoms with van der Waals surface area (Å²) in [5.41, 5.74) is 6.01. The minimum absolute atomic E-state index is 0.246. The first-order chi connectivity index (χ1) is 10.1. The van der Waals surface area contributed by atoms with Gasteiger partial charge >= 0.3 is 0 Å². The zero-order chi connectivity index (χ0) is 14.9. The summed E-state index contributed by atoms with van der Waals surface area (Å²) >= 11 is 0. The Hall–Kier alpha value is -2.35. The molecule has 2 N–H and O–H groups in total. The van der Waals surface area contributed by atoms with Gasteiger partial charge in [0.05, 0.1) is 5.69 Å². The minimum atomic E-state index is -3.50. The second-order valence-electron chi connectivity index (χ2n) is 4.69. The van der Waals surface area contributed by atoms with E-state index in [9.17, 15) is 8.42 Å². The number of sulfonamides is 1. The molecule has 0 saturated carbocycles. The topological polar surface area (TPSA) is 93.6 Å². The van der Waals surface area contributed by atoms with Crippen molar-refractivity contribution in [3.63, 3.8) is 0 Å². The van der Waals surface area contributed by atoms with E-state index in [4.69, 9.17) is 5.73 Å². The van der Waals surface area contributed by atoms with Crippen LogP contribution in [0.4, 0.5) is 11.5 Å². The SMILES string of the molecule is Nc1ccn(CCCN2C=Nc3ccccc3S2(=O)=O)n1. The fourth-order valence-corrected chi connectivity index (χ4v) is 3.59. The van der Waals surface area contributed by atoms with E-state index >= 15 is 0 Å². The molecule has 8 heteroatoms. The van der Waals surface area contributed by atoms with Gasteiger partial charge in [-0.25, -0.2) is 13.4 Å². The van der Waals surface area contributed by atoms with Crippen LogP contribution in [0.3, 0.4) is 0 Å². The lowest BCUT2D eigenvalue weighted by Gasteiger charge is -2.23. The fraction of sp³-hybridized carbons (Fsp3) is 0.231. The van der Waals surface area contributed by atoms with Gasteiger partial charge in [-0.15, -0.1) is 0 Å². The summed E-state index contributed by atoms with van der Waals surface area (Å²) < 4.78 is 27.8. The molecule has 0 fully saturated rings. The number of nitrogen functional groups attached to an aromatic ring is 1. The highest BCUT2D eigenvalue weighted by Gasteiger charge is 2.27. The smallest absolute Gasteiger partial charge is 0.267 e. The van der Waals surface area contributed by atoms with Gasteiger partial charge in [0, 0.05) is 19.3 Å². The molecule has 21 heavy (non-hydrogen) atoms. The maximum absolute atomic E-state index is 12.4. The highest BCUT2D eigenvalue weighted by atomic mass is 32.2. The molecule has 0 radical (unpaired) electrons. The molecule has 0 unspecified atom stereocenters. The largest absolute Gasteiger partial charge is 0.382 e. The summed E-state index contributed by atoms with van der Waals surface area (Å²) in [6.07, 6.45) is 3.76. The molecule has 1 aliphatic heterocycles. The third-order valence-electron chi connectivity index (χ3n) is 3.20. The zero-order valence-electron chi connectivity index (χ0n) is 11.3. The van der Waals surface area contributed by atoms with Gasteiger partial charge in [-0.2, -0.15) is 5.10 Å². The van der Waals surface area contributed by atoms with E-state index in [2.05, 4.69) is 10.1 Å². The third kappa shape index (κ3) is 2.62. The monoisotopic (exact) mass is 305 g/mol. The molecular weight excluding hydrogens is 290 g/mol. The van der Waals surface area contributed by atoms with Crippen LogP contribution in [0.15, 0.2) is 46.4 Å². The maximum atomic E-state index is 12.4. The van der Waals surface area contributed by atoms with Crippen molar-refractivity contribution in [3.05, 3.63) is 36.5 Å². The Bertz CT molecular complexity index is 781. The van der Waals surface area contributed by atoms with Gasteiger partial charge in [-0.3, -0.25) is 8.99 Å². The van der Waals surface area contributed by atoms with Gasteiger partial charge in [0.15, 0.2) is 0 Å². The summed E-state index contributed by atoms with van der Waals surface area (Å²) in [7, 11) is -3.50. The van der Waals surface area contributed by atoms with Crippen LogP contribution in [0.25, 0.3) is 0 Å². The molecular formula is C13H15N5O2S. The van der Waals surface area contributed by atoms with Crippen LogP contribution >= 0.6 is 0 Å². The second-order valence-corrected chi connectivity index (χ2v) is 6.54. The number of nitrogens with zero attached hydrogens (tertiary/aromatic N) is 4. The van der Waals surface area contributed by atoms with Crippen molar-refractivity contribution in [2.45, 2.75) is 17.9 Å². The summed E-state index contributed by atoms with van der Waals surface area (Å²) in [6.45, 7) is 0.943. The predicted octanol–water partition coefficient (Wildman–Crippen LogP) is 1.22. The summed E-state index contributed by atoms with van der Waals surface area (Å²) in [6, 6.07) is 8.43. The number of aryl methyl sites for hydroxylation is 1. The van der Waals surface area contributed by atoms with E-state index in [1.54, 1.807) is 41.2 Å². The molecule has 0 saturated heterocycles. The van der Waals surface area contributed by atoms with Gasteiger partial charge in [-0.05, 0) is 24.6 Å². The summed E-state index contributed by atoms with van der Waals surface area (Å²) in [5.74, 6) is 0.455. The molecule has 3 rings (SSSR count). The lowest BCUT2D eigenvalue weighted by molar-refractivity contribution is 0.486. The average Bonchev–Trinajstić information content (AvgIpc) is 2.87. The van der Waals surface area contributed by atoms with E-state index < -0.39 is 10.0 Å². The first-order valence-corrected chi connectivity index (χ1v) is 7.95. The number of rotatable bonds is 4. The lowest BCUT2D eigenvalue weighted by Crippen LogP contribution is -2.33. The molecule has 1 aromatic carbocycles. The number of hydrogen-bond donors (Lipinski definition) is 1. The van der Waals surface area contributed by atoms with E-state index in [1.165, 1.54) is 10.6 Å².